The lowest BCUT2D eigenvalue weighted by atomic mass is 10.1. The smallest absolute Gasteiger partial charge is 0.264 e. The zero-order valence-electron chi connectivity index (χ0n) is 16.4. The van der Waals surface area contributed by atoms with Gasteiger partial charge in [-0.2, -0.15) is 5.26 Å². The van der Waals surface area contributed by atoms with Crippen molar-refractivity contribution in [3.8, 4) is 6.07 Å². The van der Waals surface area contributed by atoms with Crippen LogP contribution >= 0.6 is 11.3 Å². The van der Waals surface area contributed by atoms with Crippen molar-refractivity contribution in [2.24, 2.45) is 0 Å². The molecule has 0 radical (unpaired) electrons. The first-order valence-corrected chi connectivity index (χ1v) is 10.4. The number of fused-ring (bicyclic) bond motifs is 1. The second-order valence-corrected chi connectivity index (χ2v) is 8.28. The molecule has 0 saturated carbocycles. The molecule has 1 saturated heterocycles. The third-order valence-corrected chi connectivity index (χ3v) is 6.73. The van der Waals surface area contributed by atoms with Crippen LogP contribution in [0, 0.1) is 18.3 Å². The van der Waals surface area contributed by atoms with Gasteiger partial charge in [-0.05, 0) is 49.1 Å². The lowest BCUT2D eigenvalue weighted by Crippen LogP contribution is -2.49. The molecule has 5 nitrogen and oxygen atoms in total. The molecule has 0 N–H and O–H groups in total. The van der Waals surface area contributed by atoms with Gasteiger partial charge >= 0.3 is 0 Å². The van der Waals surface area contributed by atoms with E-state index < -0.39 is 0 Å². The molecule has 0 bridgehead atoms. The van der Waals surface area contributed by atoms with Crippen LogP contribution in [0.2, 0.25) is 0 Å². The van der Waals surface area contributed by atoms with Crippen LogP contribution in [0.1, 0.15) is 38.1 Å². The van der Waals surface area contributed by atoms with Crippen LogP contribution in [-0.2, 0) is 0 Å². The van der Waals surface area contributed by atoms with Gasteiger partial charge in [-0.25, -0.2) is 0 Å². The topological polar surface area (TPSA) is 64.4 Å². The monoisotopic (exact) mass is 403 g/mol. The van der Waals surface area contributed by atoms with E-state index in [9.17, 15) is 14.9 Å². The number of piperazine rings is 1. The first-order valence-electron chi connectivity index (χ1n) is 9.57. The predicted octanol–water partition coefficient (Wildman–Crippen LogP) is 4.25. The fraction of sp³-hybridized carbons (Fsp3) is 0.261. The number of amides is 1. The molecular formula is C23H21N3O2S. The van der Waals surface area contributed by atoms with E-state index in [1.54, 1.807) is 29.5 Å². The lowest BCUT2D eigenvalue weighted by molar-refractivity contribution is 0.0751. The van der Waals surface area contributed by atoms with Gasteiger partial charge in [0.1, 0.15) is 6.07 Å². The third-order valence-electron chi connectivity index (χ3n) is 5.47. The quantitative estimate of drug-likeness (QED) is 0.614. The van der Waals surface area contributed by atoms with Crippen molar-refractivity contribution in [2.45, 2.75) is 13.8 Å². The number of thiophene rings is 1. The van der Waals surface area contributed by atoms with Crippen molar-refractivity contribution in [3.05, 3.63) is 64.0 Å². The SMILES string of the molecule is CC(=O)c1ccc(C#N)c(N2CCN(C(=O)c3sc4ccccc4c3C)CC2)c1. The second kappa shape index (κ2) is 7.69. The first-order chi connectivity index (χ1) is 14.0. The Balaban J connectivity index is 1.53. The largest absolute Gasteiger partial charge is 0.367 e. The predicted molar refractivity (Wildman–Crippen MR) is 116 cm³/mol. The maximum absolute atomic E-state index is 13.1. The number of aryl methyl sites for hydroxylation is 1. The van der Waals surface area contributed by atoms with E-state index in [1.807, 2.05) is 30.0 Å². The number of hydrogen-bond acceptors (Lipinski definition) is 5. The molecule has 29 heavy (non-hydrogen) atoms. The van der Waals surface area contributed by atoms with Crippen molar-refractivity contribution >= 4 is 38.8 Å². The van der Waals surface area contributed by atoms with E-state index in [1.165, 1.54) is 6.92 Å². The summed E-state index contributed by atoms with van der Waals surface area (Å²) in [5.74, 6) is 0.0473. The number of nitriles is 1. The molecule has 2 aromatic carbocycles. The van der Waals surface area contributed by atoms with Crippen LogP contribution in [0.25, 0.3) is 10.1 Å². The zero-order valence-corrected chi connectivity index (χ0v) is 17.3. The summed E-state index contributed by atoms with van der Waals surface area (Å²) in [4.78, 5) is 29.6. The van der Waals surface area contributed by atoms with Gasteiger partial charge in [-0.3, -0.25) is 9.59 Å². The minimum Gasteiger partial charge on any atom is -0.367 e. The van der Waals surface area contributed by atoms with Crippen LogP contribution in [0.4, 0.5) is 5.69 Å². The Hall–Kier alpha value is -3.17. The van der Waals surface area contributed by atoms with E-state index in [0.717, 1.165) is 26.2 Å². The minimum absolute atomic E-state index is 0.0233. The zero-order chi connectivity index (χ0) is 20.5. The normalized spacial score (nSPS) is 14.1. The van der Waals surface area contributed by atoms with Gasteiger partial charge in [-0.1, -0.05) is 18.2 Å². The summed E-state index contributed by atoms with van der Waals surface area (Å²) in [6.45, 7) is 5.96. The summed E-state index contributed by atoms with van der Waals surface area (Å²) < 4.78 is 1.13. The number of rotatable bonds is 3. The maximum atomic E-state index is 13.1. The molecule has 6 heteroatoms. The Kier molecular flexibility index (Phi) is 5.08. The molecule has 1 amide bonds. The van der Waals surface area contributed by atoms with Gasteiger partial charge in [0.25, 0.3) is 5.91 Å². The Morgan fingerprint density at radius 1 is 1.07 bits per heavy atom. The molecule has 1 aromatic heterocycles. The molecule has 2 heterocycles. The van der Waals surface area contributed by atoms with Crippen LogP contribution < -0.4 is 4.90 Å². The average Bonchev–Trinajstić information content (AvgIpc) is 3.09. The minimum atomic E-state index is -0.0233. The lowest BCUT2D eigenvalue weighted by Gasteiger charge is -2.36. The fourth-order valence-corrected chi connectivity index (χ4v) is 4.96. The summed E-state index contributed by atoms with van der Waals surface area (Å²) >= 11 is 1.55. The Bertz CT molecular complexity index is 1150. The summed E-state index contributed by atoms with van der Waals surface area (Å²) in [5, 5.41) is 10.6. The number of nitrogens with zero attached hydrogens (tertiary/aromatic N) is 3. The van der Waals surface area contributed by atoms with Gasteiger partial charge < -0.3 is 9.80 Å². The number of carbonyl (C=O) groups excluding carboxylic acids is 2. The number of hydrogen-bond donors (Lipinski definition) is 0. The van der Waals surface area contributed by atoms with Crippen LogP contribution in [-0.4, -0.2) is 42.8 Å². The number of carbonyl (C=O) groups is 2. The number of ketones is 1. The van der Waals surface area contributed by atoms with Crippen LogP contribution in [0.5, 0.6) is 0 Å². The summed E-state index contributed by atoms with van der Waals surface area (Å²) in [7, 11) is 0. The van der Waals surface area contributed by atoms with E-state index in [-0.39, 0.29) is 11.7 Å². The molecule has 0 unspecified atom stereocenters. The highest BCUT2D eigenvalue weighted by Crippen LogP contribution is 2.32. The fourth-order valence-electron chi connectivity index (χ4n) is 3.78. The highest BCUT2D eigenvalue weighted by Gasteiger charge is 2.26. The average molecular weight is 404 g/mol. The maximum Gasteiger partial charge on any atom is 0.264 e. The summed E-state index contributed by atoms with van der Waals surface area (Å²) in [5.41, 5.74) is 2.96. The third kappa shape index (κ3) is 3.50. The highest BCUT2D eigenvalue weighted by molar-refractivity contribution is 7.21. The van der Waals surface area contributed by atoms with E-state index in [0.29, 0.717) is 37.3 Å². The van der Waals surface area contributed by atoms with Crippen molar-refractivity contribution in [2.75, 3.05) is 31.1 Å². The molecule has 3 aromatic rings. The molecule has 0 atom stereocenters. The standard InChI is InChI=1S/C23H21N3O2S/c1-15-19-5-3-4-6-21(19)29-22(15)23(28)26-11-9-25(10-12-26)20-13-17(16(2)27)7-8-18(20)14-24/h3-8,13H,9-12H2,1-2H3. The van der Waals surface area contributed by atoms with Gasteiger partial charge in [0.15, 0.2) is 5.78 Å². The first kappa shape index (κ1) is 19.2. The van der Waals surface area contributed by atoms with Gasteiger partial charge in [0.2, 0.25) is 0 Å². The van der Waals surface area contributed by atoms with Crippen molar-refractivity contribution in [1.82, 2.24) is 4.90 Å². The molecule has 1 aliphatic rings. The van der Waals surface area contributed by atoms with Crippen LogP contribution in [0.3, 0.4) is 0 Å². The number of Topliss-reactive ketones (excluding diaryl/α,β-unsaturated/α-hetero) is 1. The Morgan fingerprint density at radius 2 is 1.79 bits per heavy atom. The van der Waals surface area contributed by atoms with E-state index in [4.69, 9.17) is 0 Å². The van der Waals surface area contributed by atoms with Gasteiger partial charge in [-0.15, -0.1) is 11.3 Å². The summed E-state index contributed by atoms with van der Waals surface area (Å²) in [6.07, 6.45) is 0. The second-order valence-electron chi connectivity index (χ2n) is 7.23. The van der Waals surface area contributed by atoms with E-state index >= 15 is 0 Å². The molecule has 146 valence electrons. The Morgan fingerprint density at radius 3 is 2.45 bits per heavy atom. The van der Waals surface area contributed by atoms with Crippen molar-refractivity contribution in [3.63, 3.8) is 0 Å². The molecule has 0 spiro atoms. The molecule has 0 aliphatic carbocycles. The van der Waals surface area contributed by atoms with Gasteiger partial charge in [0.05, 0.1) is 16.1 Å². The number of benzene rings is 2. The van der Waals surface area contributed by atoms with Crippen molar-refractivity contribution in [1.29, 1.82) is 5.26 Å². The molecular weight excluding hydrogens is 382 g/mol. The summed E-state index contributed by atoms with van der Waals surface area (Å²) in [6, 6.07) is 15.5. The van der Waals surface area contributed by atoms with Gasteiger partial charge in [0, 0.05) is 36.4 Å². The number of anilines is 1. The Labute approximate surface area is 173 Å². The highest BCUT2D eigenvalue weighted by atomic mass is 32.1. The van der Waals surface area contributed by atoms with Crippen LogP contribution in [0.15, 0.2) is 42.5 Å². The molecule has 4 rings (SSSR count). The molecule has 1 fully saturated rings. The molecule has 1 aliphatic heterocycles. The van der Waals surface area contributed by atoms with Crippen molar-refractivity contribution < 1.29 is 9.59 Å². The van der Waals surface area contributed by atoms with E-state index in [2.05, 4.69) is 17.0 Å².